The number of methoxy groups -OCH3 is 1. The first kappa shape index (κ1) is 15.2. The summed E-state index contributed by atoms with van der Waals surface area (Å²) in [6.45, 7) is 0.858. The van der Waals surface area contributed by atoms with Gasteiger partial charge < -0.3 is 15.4 Å². The molecule has 2 aromatic rings. The molecule has 5 nitrogen and oxygen atoms in total. The Labute approximate surface area is 126 Å². The van der Waals surface area contributed by atoms with E-state index in [2.05, 4.69) is 10.6 Å². The lowest BCUT2D eigenvalue weighted by molar-refractivity contribution is 0.0938. The average molecular weight is 304 g/mol. The first-order chi connectivity index (χ1) is 10.2. The van der Waals surface area contributed by atoms with E-state index in [1.807, 2.05) is 5.38 Å². The Morgan fingerprint density at radius 1 is 1.19 bits per heavy atom. The molecule has 110 valence electrons. The fourth-order valence-electron chi connectivity index (χ4n) is 1.74. The predicted molar refractivity (Wildman–Crippen MR) is 82.9 cm³/mol. The average Bonchev–Trinajstić information content (AvgIpc) is 3.02. The molecule has 0 atom stereocenters. The van der Waals surface area contributed by atoms with Gasteiger partial charge in [-0.3, -0.25) is 9.59 Å². The van der Waals surface area contributed by atoms with Crippen molar-refractivity contribution in [2.45, 2.75) is 0 Å². The smallest absolute Gasteiger partial charge is 0.256 e. The molecule has 0 spiro atoms. The molecule has 0 aliphatic rings. The number of anilines is 1. The van der Waals surface area contributed by atoms with Crippen molar-refractivity contribution in [1.29, 1.82) is 0 Å². The van der Waals surface area contributed by atoms with Crippen molar-refractivity contribution < 1.29 is 14.3 Å². The first-order valence-corrected chi connectivity index (χ1v) is 7.36. The maximum absolute atomic E-state index is 12.1. The summed E-state index contributed by atoms with van der Waals surface area (Å²) in [5, 5.41) is 9.09. The third-order valence-corrected chi connectivity index (χ3v) is 3.48. The van der Waals surface area contributed by atoms with Gasteiger partial charge in [0.15, 0.2) is 0 Å². The highest BCUT2D eigenvalue weighted by Gasteiger charge is 2.13. The number of carbonyl (C=O) groups is 2. The van der Waals surface area contributed by atoms with E-state index in [1.54, 1.807) is 42.8 Å². The van der Waals surface area contributed by atoms with Crippen LogP contribution in [0.3, 0.4) is 0 Å². The number of benzene rings is 1. The van der Waals surface area contributed by atoms with Crippen LogP contribution in [0.25, 0.3) is 0 Å². The van der Waals surface area contributed by atoms with E-state index in [0.29, 0.717) is 30.0 Å². The number of ether oxygens (including phenoxy) is 1. The second-order valence-corrected chi connectivity index (χ2v) is 5.04. The van der Waals surface area contributed by atoms with Gasteiger partial charge in [-0.2, -0.15) is 11.3 Å². The molecule has 1 aromatic heterocycles. The molecule has 0 saturated heterocycles. The molecular weight excluding hydrogens is 288 g/mol. The minimum Gasteiger partial charge on any atom is -0.383 e. The van der Waals surface area contributed by atoms with Gasteiger partial charge in [0.05, 0.1) is 23.4 Å². The Balaban J connectivity index is 2.09. The molecular formula is C15H16N2O3S. The Morgan fingerprint density at radius 3 is 2.71 bits per heavy atom. The Hall–Kier alpha value is -2.18. The molecule has 2 N–H and O–H groups in total. The van der Waals surface area contributed by atoms with Gasteiger partial charge in [0.1, 0.15) is 0 Å². The summed E-state index contributed by atoms with van der Waals surface area (Å²) in [5.74, 6) is -0.471. The van der Waals surface area contributed by atoms with Crippen LogP contribution in [0.5, 0.6) is 0 Å². The molecule has 0 aliphatic carbocycles. The van der Waals surface area contributed by atoms with Crippen molar-refractivity contribution in [2.24, 2.45) is 0 Å². The number of nitrogens with one attached hydrogen (secondary N) is 2. The lowest BCUT2D eigenvalue weighted by Gasteiger charge is -2.10. The van der Waals surface area contributed by atoms with Crippen LogP contribution in [-0.4, -0.2) is 32.1 Å². The molecule has 0 saturated carbocycles. The van der Waals surface area contributed by atoms with Crippen molar-refractivity contribution >= 4 is 28.8 Å². The zero-order valence-electron chi connectivity index (χ0n) is 11.6. The zero-order valence-corrected chi connectivity index (χ0v) is 12.4. The third kappa shape index (κ3) is 4.14. The van der Waals surface area contributed by atoms with Crippen molar-refractivity contribution in [3.05, 3.63) is 52.2 Å². The summed E-state index contributed by atoms with van der Waals surface area (Å²) in [6, 6.07) is 8.64. The maximum atomic E-state index is 12.1. The number of amides is 2. The number of rotatable bonds is 6. The number of carbonyl (C=O) groups excluding carboxylic acids is 2. The highest BCUT2D eigenvalue weighted by Crippen LogP contribution is 2.17. The fourth-order valence-corrected chi connectivity index (χ4v) is 2.38. The Kier molecular flexibility index (Phi) is 5.48. The summed E-state index contributed by atoms with van der Waals surface area (Å²) in [5.41, 5.74) is 1.50. The summed E-state index contributed by atoms with van der Waals surface area (Å²) in [7, 11) is 1.57. The summed E-state index contributed by atoms with van der Waals surface area (Å²) in [6.07, 6.45) is 0. The van der Waals surface area contributed by atoms with Gasteiger partial charge in [0, 0.05) is 19.0 Å². The number of para-hydroxylation sites is 1. The van der Waals surface area contributed by atoms with Crippen LogP contribution in [0.15, 0.2) is 41.1 Å². The van der Waals surface area contributed by atoms with Crippen molar-refractivity contribution in [1.82, 2.24) is 5.32 Å². The van der Waals surface area contributed by atoms with E-state index in [9.17, 15) is 9.59 Å². The number of hydrogen-bond acceptors (Lipinski definition) is 4. The van der Waals surface area contributed by atoms with Crippen LogP contribution in [0.1, 0.15) is 20.7 Å². The van der Waals surface area contributed by atoms with Crippen LogP contribution in [0.2, 0.25) is 0 Å². The lowest BCUT2D eigenvalue weighted by atomic mass is 10.1. The minimum absolute atomic E-state index is 0.228. The van der Waals surface area contributed by atoms with E-state index >= 15 is 0 Å². The van der Waals surface area contributed by atoms with E-state index < -0.39 is 0 Å². The van der Waals surface area contributed by atoms with Crippen LogP contribution in [0.4, 0.5) is 5.69 Å². The van der Waals surface area contributed by atoms with Gasteiger partial charge in [0.25, 0.3) is 11.8 Å². The molecule has 0 unspecified atom stereocenters. The second kappa shape index (κ2) is 7.56. The SMILES string of the molecule is COCCNC(=O)c1ccccc1NC(=O)c1ccsc1. The Morgan fingerprint density at radius 2 is 2.00 bits per heavy atom. The van der Waals surface area contributed by atoms with Crippen molar-refractivity contribution in [3.8, 4) is 0 Å². The van der Waals surface area contributed by atoms with Crippen LogP contribution >= 0.6 is 11.3 Å². The first-order valence-electron chi connectivity index (χ1n) is 6.42. The van der Waals surface area contributed by atoms with Crippen LogP contribution in [0, 0.1) is 0 Å². The highest BCUT2D eigenvalue weighted by atomic mass is 32.1. The molecule has 2 amide bonds. The van der Waals surface area contributed by atoms with E-state index in [1.165, 1.54) is 11.3 Å². The molecule has 1 aromatic carbocycles. The van der Waals surface area contributed by atoms with E-state index in [0.717, 1.165) is 0 Å². The molecule has 0 aliphatic heterocycles. The quantitative estimate of drug-likeness (QED) is 0.805. The standard InChI is InChI=1S/C15H16N2O3S/c1-20-8-7-16-15(19)12-4-2-3-5-13(12)17-14(18)11-6-9-21-10-11/h2-6,9-10H,7-8H2,1H3,(H,16,19)(H,17,18). The maximum Gasteiger partial charge on any atom is 0.256 e. The molecule has 1 heterocycles. The zero-order chi connectivity index (χ0) is 15.1. The summed E-state index contributed by atoms with van der Waals surface area (Å²) < 4.78 is 4.89. The predicted octanol–water partition coefficient (Wildman–Crippen LogP) is 2.38. The molecule has 21 heavy (non-hydrogen) atoms. The van der Waals surface area contributed by atoms with Gasteiger partial charge in [-0.25, -0.2) is 0 Å². The van der Waals surface area contributed by atoms with Gasteiger partial charge >= 0.3 is 0 Å². The molecule has 2 rings (SSSR count). The van der Waals surface area contributed by atoms with Gasteiger partial charge in [-0.05, 0) is 23.6 Å². The van der Waals surface area contributed by atoms with Gasteiger partial charge in [-0.15, -0.1) is 0 Å². The van der Waals surface area contributed by atoms with Crippen molar-refractivity contribution in [2.75, 3.05) is 25.6 Å². The number of thiophene rings is 1. The van der Waals surface area contributed by atoms with Crippen LogP contribution < -0.4 is 10.6 Å². The fraction of sp³-hybridized carbons (Fsp3) is 0.200. The minimum atomic E-state index is -0.242. The lowest BCUT2D eigenvalue weighted by Crippen LogP contribution is -2.28. The van der Waals surface area contributed by atoms with E-state index in [4.69, 9.17) is 4.74 Å². The normalized spacial score (nSPS) is 10.1. The molecule has 6 heteroatoms. The molecule has 0 fully saturated rings. The number of hydrogen-bond donors (Lipinski definition) is 2. The third-order valence-electron chi connectivity index (χ3n) is 2.79. The summed E-state index contributed by atoms with van der Waals surface area (Å²) >= 11 is 1.45. The second-order valence-electron chi connectivity index (χ2n) is 4.26. The van der Waals surface area contributed by atoms with Gasteiger partial charge in [-0.1, -0.05) is 12.1 Å². The van der Waals surface area contributed by atoms with Gasteiger partial charge in [0.2, 0.25) is 0 Å². The summed E-state index contributed by atoms with van der Waals surface area (Å²) in [4.78, 5) is 24.1. The largest absolute Gasteiger partial charge is 0.383 e. The highest BCUT2D eigenvalue weighted by molar-refractivity contribution is 7.08. The van der Waals surface area contributed by atoms with Crippen molar-refractivity contribution in [3.63, 3.8) is 0 Å². The van der Waals surface area contributed by atoms with Crippen LogP contribution in [-0.2, 0) is 4.74 Å². The van der Waals surface area contributed by atoms with E-state index in [-0.39, 0.29) is 11.8 Å². The topological polar surface area (TPSA) is 67.4 Å². The molecule has 0 radical (unpaired) electrons. The molecule has 0 bridgehead atoms. The monoisotopic (exact) mass is 304 g/mol. The Bertz CT molecular complexity index is 611.